The normalized spacial score (nSPS) is 16.8. The number of aliphatic imine (C=N–C) groups is 1. The molecule has 2 aliphatic heterocycles. The van der Waals surface area contributed by atoms with Crippen molar-refractivity contribution >= 4 is 27.7 Å². The first-order valence-electron chi connectivity index (χ1n) is 8.46. The molecule has 0 unspecified atom stereocenters. The van der Waals surface area contributed by atoms with E-state index in [0.29, 0.717) is 26.1 Å². The molecular weight excluding hydrogens is 342 g/mol. The molecule has 2 aliphatic rings. The zero-order chi connectivity index (χ0) is 18.0. The van der Waals surface area contributed by atoms with Crippen molar-refractivity contribution in [3.05, 3.63) is 23.8 Å². The van der Waals surface area contributed by atoms with E-state index < -0.39 is 10.0 Å². The van der Waals surface area contributed by atoms with Crippen LogP contribution >= 0.6 is 0 Å². The molecule has 0 fully saturated rings. The summed E-state index contributed by atoms with van der Waals surface area (Å²) >= 11 is 0. The summed E-state index contributed by atoms with van der Waals surface area (Å²) in [5.41, 5.74) is 7.28. The van der Waals surface area contributed by atoms with Gasteiger partial charge in [0, 0.05) is 18.8 Å². The van der Waals surface area contributed by atoms with Gasteiger partial charge >= 0.3 is 6.03 Å². The monoisotopic (exact) mass is 365 g/mol. The van der Waals surface area contributed by atoms with Crippen LogP contribution in [0.15, 0.2) is 28.1 Å². The van der Waals surface area contributed by atoms with Crippen molar-refractivity contribution in [1.82, 2.24) is 9.62 Å². The number of nitrogens with zero attached hydrogens (tertiary/aromatic N) is 3. The second-order valence-corrected chi connectivity index (χ2v) is 7.96. The number of nitrogens with two attached hydrogens (primary N) is 1. The Morgan fingerprint density at radius 1 is 1.36 bits per heavy atom. The third-order valence-electron chi connectivity index (χ3n) is 4.42. The van der Waals surface area contributed by atoms with Crippen molar-refractivity contribution in [2.24, 2.45) is 10.7 Å². The van der Waals surface area contributed by atoms with E-state index in [1.165, 1.54) is 6.07 Å². The minimum Gasteiger partial charge on any atom is -0.369 e. The van der Waals surface area contributed by atoms with E-state index in [9.17, 15) is 13.2 Å². The third-order valence-corrected chi connectivity index (χ3v) is 6.22. The maximum absolute atomic E-state index is 12.7. The van der Waals surface area contributed by atoms with Gasteiger partial charge in [-0.25, -0.2) is 17.5 Å². The van der Waals surface area contributed by atoms with E-state index in [4.69, 9.17) is 5.73 Å². The zero-order valence-corrected chi connectivity index (χ0v) is 15.1. The summed E-state index contributed by atoms with van der Waals surface area (Å²) in [6.45, 7) is 3.89. The first-order valence-corrected chi connectivity index (χ1v) is 9.90. The number of unbranched alkanes of at least 4 members (excludes halogenated alkanes) is 1. The fourth-order valence-electron chi connectivity index (χ4n) is 3.04. The van der Waals surface area contributed by atoms with Gasteiger partial charge in [0.1, 0.15) is 0 Å². The summed E-state index contributed by atoms with van der Waals surface area (Å²) < 4.78 is 26.5. The van der Waals surface area contributed by atoms with Gasteiger partial charge in [0.2, 0.25) is 5.96 Å². The van der Waals surface area contributed by atoms with E-state index in [1.54, 1.807) is 17.0 Å². The van der Waals surface area contributed by atoms with Crippen LogP contribution in [0.3, 0.4) is 0 Å². The number of hydrogen-bond acceptors (Lipinski definition) is 5. The topological polar surface area (TPSA) is 108 Å². The highest BCUT2D eigenvalue weighted by Gasteiger charge is 2.31. The van der Waals surface area contributed by atoms with Crippen LogP contribution in [-0.2, 0) is 16.4 Å². The molecule has 0 bridgehead atoms. The molecule has 0 aliphatic carbocycles. The van der Waals surface area contributed by atoms with Crippen LogP contribution in [-0.4, -0.2) is 50.9 Å². The van der Waals surface area contributed by atoms with Crippen LogP contribution in [0.1, 0.15) is 25.3 Å². The van der Waals surface area contributed by atoms with Crippen molar-refractivity contribution in [3.8, 4) is 0 Å². The Kier molecular flexibility index (Phi) is 4.85. The van der Waals surface area contributed by atoms with Crippen molar-refractivity contribution in [1.29, 1.82) is 0 Å². The molecule has 25 heavy (non-hydrogen) atoms. The largest absolute Gasteiger partial charge is 0.369 e. The molecule has 0 spiro atoms. The van der Waals surface area contributed by atoms with Gasteiger partial charge in [-0.05, 0) is 36.6 Å². The van der Waals surface area contributed by atoms with Crippen molar-refractivity contribution < 1.29 is 13.2 Å². The van der Waals surface area contributed by atoms with Gasteiger partial charge in [0.15, 0.2) is 0 Å². The van der Waals surface area contributed by atoms with Gasteiger partial charge < -0.3 is 11.1 Å². The first-order chi connectivity index (χ1) is 11.9. The average Bonchev–Trinajstić information content (AvgIpc) is 3.20. The number of sulfonamides is 1. The van der Waals surface area contributed by atoms with Crippen LogP contribution in [0, 0.1) is 0 Å². The molecule has 1 aromatic rings. The number of hydrogen-bond donors (Lipinski definition) is 2. The van der Waals surface area contributed by atoms with Crippen LogP contribution in [0.4, 0.5) is 10.5 Å². The van der Waals surface area contributed by atoms with Gasteiger partial charge in [-0.2, -0.15) is 0 Å². The van der Waals surface area contributed by atoms with Gasteiger partial charge in [-0.1, -0.05) is 13.3 Å². The molecule has 3 rings (SSSR count). The highest BCUT2D eigenvalue weighted by Crippen LogP contribution is 2.31. The number of nitrogens with one attached hydrogen (secondary N) is 1. The minimum absolute atomic E-state index is 0.0254. The van der Waals surface area contributed by atoms with Crippen molar-refractivity contribution in [3.63, 3.8) is 0 Å². The standard InChI is InChI=1S/C16H23N5O3S/c1-2-3-7-19-16(22)20-9-6-12-11-13(4-5-14(12)20)25(23,24)21-10-8-18-15(21)17/h4-5,11H,2-3,6-10H2,1H3,(H2,17,18)(H,19,22). The summed E-state index contributed by atoms with van der Waals surface area (Å²) in [7, 11) is -3.71. The maximum atomic E-state index is 12.7. The van der Waals surface area contributed by atoms with Gasteiger partial charge in [0.25, 0.3) is 10.0 Å². The number of carbonyl (C=O) groups excluding carboxylic acids is 1. The average molecular weight is 365 g/mol. The predicted molar refractivity (Wildman–Crippen MR) is 96.2 cm³/mol. The van der Waals surface area contributed by atoms with Crippen LogP contribution in [0.25, 0.3) is 0 Å². The predicted octanol–water partition coefficient (Wildman–Crippen LogP) is 0.878. The van der Waals surface area contributed by atoms with Crippen LogP contribution < -0.4 is 16.0 Å². The summed E-state index contributed by atoms with van der Waals surface area (Å²) in [5.74, 6) is 0.0254. The van der Waals surface area contributed by atoms with Gasteiger partial charge in [-0.15, -0.1) is 0 Å². The molecule has 9 heteroatoms. The van der Waals surface area contributed by atoms with E-state index >= 15 is 0 Å². The molecule has 0 saturated carbocycles. The van der Waals surface area contributed by atoms with Crippen LogP contribution in [0.5, 0.6) is 0 Å². The molecule has 136 valence electrons. The fraction of sp³-hybridized carbons (Fsp3) is 0.500. The lowest BCUT2D eigenvalue weighted by molar-refractivity contribution is 0.246. The Labute approximate surface area is 147 Å². The Bertz CT molecular complexity index is 806. The second kappa shape index (κ2) is 6.91. The lowest BCUT2D eigenvalue weighted by atomic mass is 10.2. The lowest BCUT2D eigenvalue weighted by Crippen LogP contribution is -2.39. The number of carbonyl (C=O) groups is 1. The molecule has 2 heterocycles. The van der Waals surface area contributed by atoms with E-state index in [0.717, 1.165) is 28.4 Å². The third kappa shape index (κ3) is 3.28. The zero-order valence-electron chi connectivity index (χ0n) is 14.2. The van der Waals surface area contributed by atoms with Gasteiger partial charge in [-0.3, -0.25) is 9.89 Å². The smallest absolute Gasteiger partial charge is 0.321 e. The molecule has 8 nitrogen and oxygen atoms in total. The Hall–Kier alpha value is -2.29. The number of guanidine groups is 1. The number of urea groups is 1. The molecule has 2 amide bonds. The number of rotatable bonds is 5. The molecule has 0 aromatic heterocycles. The Balaban J connectivity index is 1.80. The first kappa shape index (κ1) is 17.5. The molecule has 0 saturated heterocycles. The van der Waals surface area contributed by atoms with E-state index in [1.807, 2.05) is 0 Å². The fourth-order valence-corrected chi connectivity index (χ4v) is 4.45. The summed E-state index contributed by atoms with van der Waals surface area (Å²) in [6, 6.07) is 4.71. The second-order valence-electron chi connectivity index (χ2n) is 6.09. The van der Waals surface area contributed by atoms with Gasteiger partial charge in [0.05, 0.1) is 18.0 Å². The van der Waals surface area contributed by atoms with Crippen LogP contribution in [0.2, 0.25) is 0 Å². The quantitative estimate of drug-likeness (QED) is 0.755. The maximum Gasteiger partial charge on any atom is 0.321 e. The summed E-state index contributed by atoms with van der Waals surface area (Å²) in [4.78, 5) is 18.0. The van der Waals surface area contributed by atoms with E-state index in [-0.39, 0.29) is 23.4 Å². The number of anilines is 1. The number of fused-ring (bicyclic) bond motifs is 1. The Morgan fingerprint density at radius 2 is 2.16 bits per heavy atom. The molecular formula is C16H23N5O3S. The SMILES string of the molecule is CCCCNC(=O)N1CCc2cc(S(=O)(=O)N3CCN=C3N)ccc21. The molecule has 1 aromatic carbocycles. The number of benzene rings is 1. The highest BCUT2D eigenvalue weighted by atomic mass is 32.2. The molecule has 0 atom stereocenters. The highest BCUT2D eigenvalue weighted by molar-refractivity contribution is 7.89. The number of amides is 2. The molecule has 3 N–H and O–H groups in total. The molecule has 0 radical (unpaired) electrons. The Morgan fingerprint density at radius 3 is 2.84 bits per heavy atom. The minimum atomic E-state index is -3.71. The van der Waals surface area contributed by atoms with Crippen molar-refractivity contribution in [2.45, 2.75) is 31.1 Å². The van der Waals surface area contributed by atoms with E-state index in [2.05, 4.69) is 17.2 Å². The lowest BCUT2D eigenvalue weighted by Gasteiger charge is -2.20. The summed E-state index contributed by atoms with van der Waals surface area (Å²) in [6.07, 6.45) is 2.58. The summed E-state index contributed by atoms with van der Waals surface area (Å²) in [5, 5.41) is 2.89. The van der Waals surface area contributed by atoms with Crippen molar-refractivity contribution in [2.75, 3.05) is 31.1 Å².